The maximum Gasteiger partial charge on any atom is 0.270 e. The van der Waals surface area contributed by atoms with Crippen LogP contribution in [0.1, 0.15) is 16.7 Å². The van der Waals surface area contributed by atoms with Crippen LogP contribution in [0.25, 0.3) is 11.3 Å². The summed E-state index contributed by atoms with van der Waals surface area (Å²) >= 11 is 0. The number of nitrogens with one attached hydrogen (secondary N) is 2. The number of H-pyrrole nitrogens is 1. The average molecular weight is 445 g/mol. The van der Waals surface area contributed by atoms with Crippen molar-refractivity contribution in [2.45, 2.75) is 0 Å². The second kappa shape index (κ2) is 9.94. The molecule has 0 fully saturated rings. The molecule has 0 spiro atoms. The van der Waals surface area contributed by atoms with Crippen LogP contribution in [0.15, 0.2) is 88.8 Å². The molecule has 0 aliphatic rings. The molecule has 0 bridgehead atoms. The molecule has 0 aliphatic heterocycles. The predicted molar refractivity (Wildman–Crippen MR) is 132 cm³/mol. The number of nitrogens with zero attached hydrogens (tertiary/aromatic N) is 5. The second-order valence-corrected chi connectivity index (χ2v) is 7.30. The molecule has 0 saturated heterocycles. The summed E-state index contributed by atoms with van der Waals surface area (Å²) in [6, 6.07) is 28.1. The van der Waals surface area contributed by atoms with E-state index in [0.717, 1.165) is 16.9 Å². The Balaban J connectivity index is 1.48. The molecule has 3 aromatic carbocycles. The van der Waals surface area contributed by atoms with Crippen LogP contribution in [0.2, 0.25) is 0 Å². The van der Waals surface area contributed by atoms with Gasteiger partial charge in [-0.05, 0) is 42.0 Å². The number of aromatic nitrogens is 2. The monoisotopic (exact) mass is 445 g/mol. The summed E-state index contributed by atoms with van der Waals surface area (Å²) in [5.41, 5.74) is 6.48. The van der Waals surface area contributed by atoms with Crippen molar-refractivity contribution in [3.05, 3.63) is 106 Å². The van der Waals surface area contributed by atoms with Gasteiger partial charge in [-0.1, -0.05) is 42.5 Å². The Morgan fingerprint density at radius 1 is 0.941 bits per heavy atom. The summed E-state index contributed by atoms with van der Waals surface area (Å²) in [4.78, 5) is 21.2. The fourth-order valence-electron chi connectivity index (χ4n) is 3.30. The van der Waals surface area contributed by atoms with Gasteiger partial charge in [-0.2, -0.15) is 15.6 Å². The highest BCUT2D eigenvalue weighted by Crippen LogP contribution is 2.24. The highest BCUT2D eigenvalue weighted by atomic mass is 16.1. The molecule has 0 saturated carbocycles. The minimum Gasteiger partial charge on any atom is -0.345 e. The maximum absolute atomic E-state index is 12.3. The molecule has 1 aromatic heterocycles. The Kier molecular flexibility index (Phi) is 6.43. The Bertz CT molecular complexity index is 1460. The van der Waals surface area contributed by atoms with Crippen molar-refractivity contribution in [1.29, 1.82) is 10.5 Å². The van der Waals surface area contributed by atoms with Crippen molar-refractivity contribution in [1.82, 2.24) is 9.97 Å². The first-order chi connectivity index (χ1) is 16.6. The summed E-state index contributed by atoms with van der Waals surface area (Å²) in [5.74, 6) is 0.135. The van der Waals surface area contributed by atoms with E-state index in [4.69, 9.17) is 5.26 Å². The van der Waals surface area contributed by atoms with Crippen molar-refractivity contribution in [2.75, 3.05) is 17.4 Å². The van der Waals surface area contributed by atoms with Gasteiger partial charge in [0.25, 0.3) is 5.56 Å². The maximum atomic E-state index is 12.3. The number of anilines is 3. The third-order valence-electron chi connectivity index (χ3n) is 5.13. The molecule has 0 amide bonds. The minimum atomic E-state index is -0.538. The molecule has 0 aliphatic carbocycles. The van der Waals surface area contributed by atoms with E-state index < -0.39 is 5.56 Å². The number of hydrazone groups is 1. The molecule has 0 unspecified atom stereocenters. The van der Waals surface area contributed by atoms with E-state index in [1.54, 1.807) is 30.5 Å². The van der Waals surface area contributed by atoms with E-state index in [1.807, 2.05) is 72.6 Å². The van der Waals surface area contributed by atoms with Crippen molar-refractivity contribution in [2.24, 2.45) is 5.10 Å². The first kappa shape index (κ1) is 22.0. The molecule has 8 heteroatoms. The Morgan fingerprint density at radius 2 is 1.59 bits per heavy atom. The van der Waals surface area contributed by atoms with Crippen LogP contribution in [0.4, 0.5) is 17.3 Å². The number of benzene rings is 3. The quantitative estimate of drug-likeness (QED) is 0.335. The summed E-state index contributed by atoms with van der Waals surface area (Å²) in [5, 5.41) is 22.5. The van der Waals surface area contributed by atoms with Crippen LogP contribution < -0.4 is 15.9 Å². The first-order valence-electron chi connectivity index (χ1n) is 10.3. The van der Waals surface area contributed by atoms with Crippen LogP contribution in [-0.4, -0.2) is 23.2 Å². The van der Waals surface area contributed by atoms with Crippen molar-refractivity contribution in [3.63, 3.8) is 0 Å². The zero-order valence-corrected chi connectivity index (χ0v) is 18.2. The van der Waals surface area contributed by atoms with Gasteiger partial charge < -0.3 is 4.90 Å². The van der Waals surface area contributed by atoms with Gasteiger partial charge in [0.2, 0.25) is 5.95 Å². The van der Waals surface area contributed by atoms with E-state index >= 15 is 0 Å². The Hall–Kier alpha value is -5.21. The molecule has 8 nitrogen and oxygen atoms in total. The zero-order chi connectivity index (χ0) is 23.9. The lowest BCUT2D eigenvalue weighted by Gasteiger charge is -2.19. The first-order valence-corrected chi connectivity index (χ1v) is 10.3. The van der Waals surface area contributed by atoms with Crippen LogP contribution >= 0.6 is 0 Å². The van der Waals surface area contributed by atoms with Gasteiger partial charge in [-0.3, -0.25) is 9.78 Å². The molecular formula is C26H19N7O. The van der Waals surface area contributed by atoms with E-state index in [1.165, 1.54) is 0 Å². The van der Waals surface area contributed by atoms with Gasteiger partial charge in [0.1, 0.15) is 11.6 Å². The highest BCUT2D eigenvalue weighted by molar-refractivity contribution is 5.81. The molecule has 0 atom stereocenters. The van der Waals surface area contributed by atoms with Gasteiger partial charge in [-0.25, -0.2) is 10.4 Å². The SMILES string of the molecule is CN(c1ccc(C#N)cc1)c1ccc(C=NNc2nc(-c3ccccc3)c(C#N)c(=O)[nH]2)cc1. The number of aromatic amines is 1. The highest BCUT2D eigenvalue weighted by Gasteiger charge is 2.12. The lowest BCUT2D eigenvalue weighted by molar-refractivity contribution is 1.08. The molecule has 1 heterocycles. The van der Waals surface area contributed by atoms with Gasteiger partial charge in [0, 0.05) is 24.0 Å². The largest absolute Gasteiger partial charge is 0.345 e. The van der Waals surface area contributed by atoms with Gasteiger partial charge in [0.15, 0.2) is 0 Å². The summed E-state index contributed by atoms with van der Waals surface area (Å²) in [6.45, 7) is 0. The molecule has 2 N–H and O–H groups in total. The number of hydrogen-bond donors (Lipinski definition) is 2. The third kappa shape index (κ3) is 4.82. The van der Waals surface area contributed by atoms with Gasteiger partial charge in [-0.15, -0.1) is 0 Å². The van der Waals surface area contributed by atoms with E-state index in [9.17, 15) is 10.1 Å². The summed E-state index contributed by atoms with van der Waals surface area (Å²) in [6.07, 6.45) is 1.60. The fraction of sp³-hybridized carbons (Fsp3) is 0.0385. The number of rotatable bonds is 6. The standard InChI is InChI=1S/C26H19N7O/c1-33(21-11-7-18(15-27)8-12-21)22-13-9-19(10-14-22)17-29-32-26-30-24(20-5-3-2-4-6-20)23(16-28)25(34)31-26/h2-14,17H,1H3,(H2,30,31,32,34). The van der Waals surface area contributed by atoms with Crippen molar-refractivity contribution >= 4 is 23.5 Å². The molecule has 4 aromatic rings. The molecule has 164 valence electrons. The number of nitriles is 2. The minimum absolute atomic E-state index is 0.0531. The van der Waals surface area contributed by atoms with Crippen LogP contribution in [0.3, 0.4) is 0 Å². The van der Waals surface area contributed by atoms with E-state index in [0.29, 0.717) is 16.8 Å². The lowest BCUT2D eigenvalue weighted by atomic mass is 10.1. The zero-order valence-electron chi connectivity index (χ0n) is 18.2. The van der Waals surface area contributed by atoms with Crippen molar-refractivity contribution < 1.29 is 0 Å². The van der Waals surface area contributed by atoms with E-state index in [-0.39, 0.29) is 11.5 Å². The van der Waals surface area contributed by atoms with Crippen LogP contribution in [0.5, 0.6) is 0 Å². The van der Waals surface area contributed by atoms with Gasteiger partial charge in [0.05, 0.1) is 23.5 Å². The Morgan fingerprint density at radius 3 is 2.21 bits per heavy atom. The smallest absolute Gasteiger partial charge is 0.270 e. The topological polar surface area (TPSA) is 121 Å². The lowest BCUT2D eigenvalue weighted by Crippen LogP contribution is -2.16. The van der Waals surface area contributed by atoms with Crippen LogP contribution in [-0.2, 0) is 0 Å². The van der Waals surface area contributed by atoms with Crippen molar-refractivity contribution in [3.8, 4) is 23.4 Å². The normalized spacial score (nSPS) is 10.4. The molecule has 0 radical (unpaired) electrons. The predicted octanol–water partition coefficient (Wildman–Crippen LogP) is 4.39. The summed E-state index contributed by atoms with van der Waals surface area (Å²) in [7, 11) is 1.95. The molecule has 4 rings (SSSR count). The summed E-state index contributed by atoms with van der Waals surface area (Å²) < 4.78 is 0. The van der Waals surface area contributed by atoms with Crippen LogP contribution in [0, 0.1) is 22.7 Å². The molecule has 34 heavy (non-hydrogen) atoms. The van der Waals surface area contributed by atoms with Gasteiger partial charge >= 0.3 is 0 Å². The average Bonchev–Trinajstić information content (AvgIpc) is 2.89. The second-order valence-electron chi connectivity index (χ2n) is 7.30. The molecular weight excluding hydrogens is 426 g/mol. The fourth-order valence-corrected chi connectivity index (χ4v) is 3.30. The van der Waals surface area contributed by atoms with E-state index in [2.05, 4.69) is 26.6 Å². The third-order valence-corrected chi connectivity index (χ3v) is 5.13. The number of hydrogen-bond acceptors (Lipinski definition) is 7. The Labute approximate surface area is 196 Å².